The van der Waals surface area contributed by atoms with Gasteiger partial charge in [-0.3, -0.25) is 19.2 Å². The van der Waals surface area contributed by atoms with Crippen molar-refractivity contribution < 1.29 is 33.4 Å². The number of carbonyl (C=O) groups excluding carboxylic acids is 5. The molecule has 0 aliphatic carbocycles. The SMILES string of the molecule is CCC[C@H](NC(=O)[C@@H](NC(=O)OCc1ccccc1)C(C)OC(C)(C)C)C(=O)N[C@H](/C=C/C(=O)CC)C[C@@H]1CCNC1=O. The van der Waals surface area contributed by atoms with Crippen molar-refractivity contribution in [3.8, 4) is 0 Å². The maximum atomic E-state index is 13.6. The maximum Gasteiger partial charge on any atom is 0.408 e. The number of nitrogens with one attached hydrogen (secondary N) is 4. The van der Waals surface area contributed by atoms with Crippen LogP contribution in [0.15, 0.2) is 42.5 Å². The van der Waals surface area contributed by atoms with Gasteiger partial charge in [0, 0.05) is 24.9 Å². The van der Waals surface area contributed by atoms with Gasteiger partial charge in [0.15, 0.2) is 5.78 Å². The van der Waals surface area contributed by atoms with Gasteiger partial charge in [-0.05, 0) is 58.6 Å². The highest BCUT2D eigenvalue weighted by Crippen LogP contribution is 2.18. The summed E-state index contributed by atoms with van der Waals surface area (Å²) >= 11 is 0. The van der Waals surface area contributed by atoms with Gasteiger partial charge < -0.3 is 30.7 Å². The van der Waals surface area contributed by atoms with E-state index in [-0.39, 0.29) is 24.2 Å². The normalized spacial score (nSPS) is 17.8. The molecule has 0 aromatic heterocycles. The number of ether oxygens (including phenoxy) is 2. The third-order valence-corrected chi connectivity index (χ3v) is 6.88. The molecule has 4 N–H and O–H groups in total. The van der Waals surface area contributed by atoms with Gasteiger partial charge in [-0.2, -0.15) is 0 Å². The Bertz CT molecular complexity index is 1120. The van der Waals surface area contributed by atoms with Gasteiger partial charge in [0.2, 0.25) is 17.7 Å². The van der Waals surface area contributed by atoms with E-state index >= 15 is 0 Å². The minimum Gasteiger partial charge on any atom is -0.445 e. The average Bonchev–Trinajstić information content (AvgIpc) is 3.36. The number of hydrogen-bond acceptors (Lipinski definition) is 7. The van der Waals surface area contributed by atoms with E-state index in [4.69, 9.17) is 9.47 Å². The summed E-state index contributed by atoms with van der Waals surface area (Å²) in [5.41, 5.74) is 0.173. The molecule has 4 amide bonds. The summed E-state index contributed by atoms with van der Waals surface area (Å²) in [4.78, 5) is 63.9. The fraction of sp³-hybridized carbons (Fsp3) is 0.594. The van der Waals surface area contributed by atoms with Gasteiger partial charge in [0.1, 0.15) is 18.7 Å². The van der Waals surface area contributed by atoms with E-state index in [0.717, 1.165) is 5.56 Å². The van der Waals surface area contributed by atoms with Crippen LogP contribution in [0.25, 0.3) is 0 Å². The third-order valence-electron chi connectivity index (χ3n) is 6.88. The number of amides is 4. The second kappa shape index (κ2) is 17.4. The topological polar surface area (TPSA) is 152 Å². The second-order valence-electron chi connectivity index (χ2n) is 11.8. The van der Waals surface area contributed by atoms with Crippen LogP contribution in [0.5, 0.6) is 0 Å². The van der Waals surface area contributed by atoms with E-state index in [1.807, 2.05) is 58.0 Å². The van der Waals surface area contributed by atoms with Gasteiger partial charge in [-0.25, -0.2) is 4.79 Å². The summed E-state index contributed by atoms with van der Waals surface area (Å²) in [5, 5.41) is 11.1. The molecule has 11 nitrogen and oxygen atoms in total. The van der Waals surface area contributed by atoms with Crippen molar-refractivity contribution in [2.45, 2.75) is 110 Å². The summed E-state index contributed by atoms with van der Waals surface area (Å²) in [6.07, 6.45) is 3.64. The predicted molar refractivity (Wildman–Crippen MR) is 163 cm³/mol. The molecular formula is C32H48N4O7. The van der Waals surface area contributed by atoms with Crippen LogP contribution in [0.1, 0.15) is 79.2 Å². The van der Waals surface area contributed by atoms with Crippen molar-refractivity contribution in [2.24, 2.45) is 5.92 Å². The molecule has 1 unspecified atom stereocenters. The van der Waals surface area contributed by atoms with Crippen LogP contribution < -0.4 is 21.3 Å². The van der Waals surface area contributed by atoms with Crippen LogP contribution in [-0.4, -0.2) is 66.0 Å². The summed E-state index contributed by atoms with van der Waals surface area (Å²) in [6.45, 7) is 11.4. The molecular weight excluding hydrogens is 552 g/mol. The molecule has 2 rings (SSSR count). The molecule has 1 aliphatic heterocycles. The molecule has 11 heteroatoms. The van der Waals surface area contributed by atoms with Crippen LogP contribution in [0.3, 0.4) is 0 Å². The lowest BCUT2D eigenvalue weighted by Crippen LogP contribution is -2.58. The summed E-state index contributed by atoms with van der Waals surface area (Å²) in [7, 11) is 0. The first kappa shape index (κ1) is 35.5. The van der Waals surface area contributed by atoms with Crippen molar-refractivity contribution in [3.05, 3.63) is 48.0 Å². The minimum absolute atomic E-state index is 0.0187. The Morgan fingerprint density at radius 3 is 2.33 bits per heavy atom. The molecule has 5 atom stereocenters. The van der Waals surface area contributed by atoms with Crippen LogP contribution in [-0.2, 0) is 35.3 Å². The molecule has 1 heterocycles. The first-order valence-corrected chi connectivity index (χ1v) is 15.1. The highest BCUT2D eigenvalue weighted by molar-refractivity contribution is 5.92. The fourth-order valence-electron chi connectivity index (χ4n) is 4.72. The molecule has 1 aliphatic rings. The smallest absolute Gasteiger partial charge is 0.408 e. The van der Waals surface area contributed by atoms with Gasteiger partial charge in [0.25, 0.3) is 0 Å². The van der Waals surface area contributed by atoms with E-state index in [2.05, 4.69) is 21.3 Å². The lowest BCUT2D eigenvalue weighted by Gasteiger charge is -2.31. The van der Waals surface area contributed by atoms with Gasteiger partial charge in [-0.1, -0.05) is 56.7 Å². The van der Waals surface area contributed by atoms with Crippen LogP contribution in [0, 0.1) is 5.92 Å². The molecule has 0 spiro atoms. The zero-order valence-electron chi connectivity index (χ0n) is 26.2. The number of benzene rings is 1. The van der Waals surface area contributed by atoms with E-state index in [0.29, 0.717) is 38.6 Å². The number of allylic oxidation sites excluding steroid dienone is 1. The first-order valence-electron chi connectivity index (χ1n) is 15.1. The van der Waals surface area contributed by atoms with Crippen molar-refractivity contribution in [1.29, 1.82) is 0 Å². The van der Waals surface area contributed by atoms with Gasteiger partial charge in [-0.15, -0.1) is 0 Å². The van der Waals surface area contributed by atoms with Crippen molar-refractivity contribution in [3.63, 3.8) is 0 Å². The van der Waals surface area contributed by atoms with Gasteiger partial charge >= 0.3 is 6.09 Å². The molecule has 43 heavy (non-hydrogen) atoms. The number of carbonyl (C=O) groups is 5. The standard InChI is InChI=1S/C32H48N4O7/c1-7-12-26(29(39)34-24(15-16-25(37)8-2)19-23-17-18-33-28(23)38)35-30(40)27(21(3)43-32(4,5)6)36-31(41)42-20-22-13-10-9-11-14-22/h9-11,13-16,21,23-24,26-27H,7-8,12,17-20H2,1-6H3,(H,33,38)(H,34,39)(H,35,40)(H,36,41)/b16-15+/t21?,23-,24+,26-,27-/m0/s1. The van der Waals surface area contributed by atoms with Crippen molar-refractivity contribution in [1.82, 2.24) is 21.3 Å². The number of rotatable bonds is 16. The second-order valence-corrected chi connectivity index (χ2v) is 11.8. The third kappa shape index (κ3) is 13.0. The van der Waals surface area contributed by atoms with Crippen LogP contribution in [0.2, 0.25) is 0 Å². The highest BCUT2D eigenvalue weighted by Gasteiger charge is 2.34. The molecule has 0 saturated carbocycles. The fourth-order valence-corrected chi connectivity index (χ4v) is 4.72. The molecule has 0 bridgehead atoms. The number of alkyl carbamates (subject to hydrolysis) is 1. The Labute approximate surface area is 254 Å². The zero-order chi connectivity index (χ0) is 32.0. The van der Waals surface area contributed by atoms with E-state index in [1.165, 1.54) is 6.08 Å². The largest absolute Gasteiger partial charge is 0.445 e. The molecule has 1 fully saturated rings. The van der Waals surface area contributed by atoms with Gasteiger partial charge in [0.05, 0.1) is 11.7 Å². The van der Waals surface area contributed by atoms with E-state index < -0.39 is 47.7 Å². The molecule has 1 aromatic carbocycles. The zero-order valence-corrected chi connectivity index (χ0v) is 26.2. The first-order chi connectivity index (χ1) is 20.3. The Morgan fingerprint density at radius 1 is 1.05 bits per heavy atom. The summed E-state index contributed by atoms with van der Waals surface area (Å²) in [6, 6.07) is 6.47. The Morgan fingerprint density at radius 2 is 1.74 bits per heavy atom. The lowest BCUT2D eigenvalue weighted by molar-refractivity contribution is -0.135. The maximum absolute atomic E-state index is 13.6. The minimum atomic E-state index is -1.16. The summed E-state index contributed by atoms with van der Waals surface area (Å²) < 4.78 is 11.3. The molecule has 238 valence electrons. The van der Waals surface area contributed by atoms with E-state index in [9.17, 15) is 24.0 Å². The van der Waals surface area contributed by atoms with E-state index in [1.54, 1.807) is 19.9 Å². The number of hydrogen-bond donors (Lipinski definition) is 4. The lowest BCUT2D eigenvalue weighted by atomic mass is 9.97. The Balaban J connectivity index is 2.17. The molecule has 0 radical (unpaired) electrons. The Hall–Kier alpha value is -3.73. The monoisotopic (exact) mass is 600 g/mol. The summed E-state index contributed by atoms with van der Waals surface area (Å²) in [5.74, 6) is -1.55. The number of ketones is 1. The Kier molecular flexibility index (Phi) is 14.4. The highest BCUT2D eigenvalue weighted by atomic mass is 16.6. The predicted octanol–water partition coefficient (Wildman–Crippen LogP) is 3.32. The van der Waals surface area contributed by atoms with Crippen LogP contribution in [0.4, 0.5) is 4.79 Å². The van der Waals surface area contributed by atoms with Crippen molar-refractivity contribution >= 4 is 29.6 Å². The van der Waals surface area contributed by atoms with Crippen LogP contribution >= 0.6 is 0 Å². The molecule has 1 aromatic rings. The molecule has 1 saturated heterocycles. The van der Waals surface area contributed by atoms with Crippen molar-refractivity contribution in [2.75, 3.05) is 6.54 Å². The quantitative estimate of drug-likeness (QED) is 0.213. The average molecular weight is 601 g/mol.